The number of fused-ring (bicyclic) bond motifs is 1. The van der Waals surface area contributed by atoms with Crippen molar-refractivity contribution < 1.29 is 19.1 Å². The van der Waals surface area contributed by atoms with Crippen LogP contribution in [0.3, 0.4) is 0 Å². The van der Waals surface area contributed by atoms with Gasteiger partial charge in [-0.05, 0) is 42.3 Å². The standard InChI is InChI=1S/C21H21ClN2O4/c22-17-10-14(11-18-20(17)28-9-3-8-27-18)13-23-21(26)15-4-1-5-16(12-15)24-7-2-6-19(24)25/h1,4-5,10-12H,2-3,6-9,13H2,(H,23,26). The average molecular weight is 401 g/mol. The van der Waals surface area contributed by atoms with Gasteiger partial charge in [0.25, 0.3) is 5.91 Å². The van der Waals surface area contributed by atoms with Crippen molar-refractivity contribution in [2.24, 2.45) is 0 Å². The second kappa shape index (κ2) is 8.10. The molecule has 0 aliphatic carbocycles. The zero-order valence-electron chi connectivity index (χ0n) is 15.4. The molecule has 4 rings (SSSR count). The summed E-state index contributed by atoms with van der Waals surface area (Å²) in [4.78, 5) is 26.2. The van der Waals surface area contributed by atoms with Crippen molar-refractivity contribution in [3.63, 3.8) is 0 Å². The molecule has 6 nitrogen and oxygen atoms in total. The van der Waals surface area contributed by atoms with Crippen LogP contribution in [0.1, 0.15) is 35.2 Å². The van der Waals surface area contributed by atoms with Gasteiger partial charge in [0.1, 0.15) is 0 Å². The van der Waals surface area contributed by atoms with Crippen molar-refractivity contribution >= 4 is 29.1 Å². The Morgan fingerprint density at radius 2 is 2.00 bits per heavy atom. The van der Waals surface area contributed by atoms with E-state index in [4.69, 9.17) is 21.1 Å². The predicted octanol–water partition coefficient (Wildman–Crippen LogP) is 3.56. The Bertz CT molecular complexity index is 915. The van der Waals surface area contributed by atoms with E-state index in [1.165, 1.54) is 0 Å². The molecule has 1 saturated heterocycles. The molecule has 2 aliphatic heterocycles. The van der Waals surface area contributed by atoms with Crippen molar-refractivity contribution in [1.82, 2.24) is 5.32 Å². The van der Waals surface area contributed by atoms with Gasteiger partial charge in [-0.25, -0.2) is 0 Å². The Hall–Kier alpha value is -2.73. The molecule has 0 unspecified atom stereocenters. The Kier molecular flexibility index (Phi) is 5.39. The van der Waals surface area contributed by atoms with Gasteiger partial charge in [-0.2, -0.15) is 0 Å². The van der Waals surface area contributed by atoms with E-state index in [9.17, 15) is 9.59 Å². The fourth-order valence-electron chi connectivity index (χ4n) is 3.41. The topological polar surface area (TPSA) is 67.9 Å². The maximum absolute atomic E-state index is 12.6. The van der Waals surface area contributed by atoms with Crippen LogP contribution in [0.25, 0.3) is 0 Å². The highest BCUT2D eigenvalue weighted by molar-refractivity contribution is 6.32. The van der Waals surface area contributed by atoms with Gasteiger partial charge < -0.3 is 19.7 Å². The first kappa shape index (κ1) is 18.6. The Morgan fingerprint density at radius 1 is 1.14 bits per heavy atom. The lowest BCUT2D eigenvalue weighted by molar-refractivity contribution is -0.117. The molecule has 2 aromatic rings. The minimum Gasteiger partial charge on any atom is -0.489 e. The summed E-state index contributed by atoms with van der Waals surface area (Å²) in [5, 5.41) is 3.37. The summed E-state index contributed by atoms with van der Waals surface area (Å²) in [5.74, 6) is 1.04. The minimum atomic E-state index is -0.211. The normalized spacial score (nSPS) is 16.0. The van der Waals surface area contributed by atoms with Gasteiger partial charge >= 0.3 is 0 Å². The maximum atomic E-state index is 12.6. The van der Waals surface area contributed by atoms with Crippen LogP contribution < -0.4 is 19.7 Å². The van der Waals surface area contributed by atoms with Crippen LogP contribution in [0.5, 0.6) is 11.5 Å². The van der Waals surface area contributed by atoms with E-state index in [2.05, 4.69) is 5.32 Å². The van der Waals surface area contributed by atoms with E-state index in [1.54, 1.807) is 29.2 Å². The molecule has 28 heavy (non-hydrogen) atoms. The highest BCUT2D eigenvalue weighted by atomic mass is 35.5. The maximum Gasteiger partial charge on any atom is 0.251 e. The summed E-state index contributed by atoms with van der Waals surface area (Å²) < 4.78 is 11.3. The molecular formula is C21H21ClN2O4. The molecule has 2 aromatic carbocycles. The van der Waals surface area contributed by atoms with Gasteiger partial charge in [-0.15, -0.1) is 0 Å². The molecular weight excluding hydrogens is 380 g/mol. The SMILES string of the molecule is O=C(NCc1cc(Cl)c2c(c1)OCCCO2)c1cccc(N2CCCC2=O)c1. The first-order chi connectivity index (χ1) is 13.6. The van der Waals surface area contributed by atoms with Gasteiger partial charge in [-0.3, -0.25) is 9.59 Å². The van der Waals surface area contributed by atoms with Gasteiger partial charge in [-0.1, -0.05) is 17.7 Å². The molecule has 2 heterocycles. The quantitative estimate of drug-likeness (QED) is 0.852. The van der Waals surface area contributed by atoms with Gasteiger partial charge in [0, 0.05) is 37.2 Å². The summed E-state index contributed by atoms with van der Waals surface area (Å²) in [7, 11) is 0. The first-order valence-corrected chi connectivity index (χ1v) is 9.76. The molecule has 2 amide bonds. The summed E-state index contributed by atoms with van der Waals surface area (Å²) in [5.41, 5.74) is 2.10. The molecule has 0 bridgehead atoms. The Balaban J connectivity index is 1.45. The number of nitrogens with one attached hydrogen (secondary N) is 1. The number of carbonyl (C=O) groups is 2. The van der Waals surface area contributed by atoms with E-state index in [0.29, 0.717) is 54.8 Å². The summed E-state index contributed by atoms with van der Waals surface area (Å²) in [6.07, 6.45) is 2.20. The van der Waals surface area contributed by atoms with E-state index in [1.807, 2.05) is 12.1 Å². The van der Waals surface area contributed by atoms with Crippen molar-refractivity contribution in [2.45, 2.75) is 25.8 Å². The third-order valence-corrected chi connectivity index (χ3v) is 5.09. The molecule has 0 atom stereocenters. The van der Waals surface area contributed by atoms with E-state index in [0.717, 1.165) is 24.1 Å². The third kappa shape index (κ3) is 3.92. The van der Waals surface area contributed by atoms with Crippen LogP contribution in [0.2, 0.25) is 5.02 Å². The van der Waals surface area contributed by atoms with Crippen LogP contribution in [0.15, 0.2) is 36.4 Å². The Morgan fingerprint density at radius 3 is 2.82 bits per heavy atom. The molecule has 0 spiro atoms. The number of nitrogens with zero attached hydrogens (tertiary/aromatic N) is 1. The zero-order chi connectivity index (χ0) is 19.5. The number of benzene rings is 2. The van der Waals surface area contributed by atoms with Crippen LogP contribution in [-0.2, 0) is 11.3 Å². The number of hydrogen-bond donors (Lipinski definition) is 1. The average Bonchev–Trinajstić information content (AvgIpc) is 2.98. The lowest BCUT2D eigenvalue weighted by Gasteiger charge is -2.16. The van der Waals surface area contributed by atoms with Crippen LogP contribution in [0, 0.1) is 0 Å². The molecule has 2 aliphatic rings. The third-order valence-electron chi connectivity index (χ3n) is 4.81. The number of ether oxygens (including phenoxy) is 2. The van der Waals surface area contributed by atoms with E-state index >= 15 is 0 Å². The lowest BCUT2D eigenvalue weighted by Crippen LogP contribution is -2.25. The Labute approximate surface area is 168 Å². The summed E-state index contributed by atoms with van der Waals surface area (Å²) in [6, 6.07) is 10.7. The highest BCUT2D eigenvalue weighted by Crippen LogP contribution is 2.38. The number of halogens is 1. The number of rotatable bonds is 4. The number of amides is 2. The molecule has 0 radical (unpaired) electrons. The van der Waals surface area contributed by atoms with Crippen molar-refractivity contribution in [2.75, 3.05) is 24.7 Å². The van der Waals surface area contributed by atoms with Gasteiger partial charge in [0.05, 0.1) is 18.2 Å². The van der Waals surface area contributed by atoms with Crippen molar-refractivity contribution in [3.8, 4) is 11.5 Å². The fourth-order valence-corrected chi connectivity index (χ4v) is 3.69. The van der Waals surface area contributed by atoms with Gasteiger partial charge in [0.15, 0.2) is 11.5 Å². The largest absolute Gasteiger partial charge is 0.489 e. The smallest absolute Gasteiger partial charge is 0.251 e. The van der Waals surface area contributed by atoms with Crippen molar-refractivity contribution in [3.05, 3.63) is 52.5 Å². The highest BCUT2D eigenvalue weighted by Gasteiger charge is 2.22. The van der Waals surface area contributed by atoms with E-state index in [-0.39, 0.29) is 11.8 Å². The second-order valence-corrected chi connectivity index (χ2v) is 7.24. The van der Waals surface area contributed by atoms with Crippen molar-refractivity contribution in [1.29, 1.82) is 0 Å². The summed E-state index contributed by atoms with van der Waals surface area (Å²) >= 11 is 6.30. The molecule has 146 valence electrons. The minimum absolute atomic E-state index is 0.0967. The predicted molar refractivity (Wildman–Crippen MR) is 106 cm³/mol. The van der Waals surface area contributed by atoms with Crippen LogP contribution >= 0.6 is 11.6 Å². The molecule has 0 saturated carbocycles. The monoisotopic (exact) mass is 400 g/mol. The fraction of sp³-hybridized carbons (Fsp3) is 0.333. The molecule has 1 fully saturated rings. The van der Waals surface area contributed by atoms with E-state index < -0.39 is 0 Å². The zero-order valence-corrected chi connectivity index (χ0v) is 16.1. The van der Waals surface area contributed by atoms with Gasteiger partial charge in [0.2, 0.25) is 5.91 Å². The van der Waals surface area contributed by atoms with Crippen LogP contribution in [0.4, 0.5) is 5.69 Å². The van der Waals surface area contributed by atoms with Crippen LogP contribution in [-0.4, -0.2) is 31.6 Å². The first-order valence-electron chi connectivity index (χ1n) is 9.38. The summed E-state index contributed by atoms with van der Waals surface area (Å²) in [6.45, 7) is 2.14. The molecule has 1 N–H and O–H groups in total. The number of carbonyl (C=O) groups excluding carboxylic acids is 2. The molecule has 7 heteroatoms. The molecule has 0 aromatic heterocycles. The number of anilines is 1. The second-order valence-electron chi connectivity index (χ2n) is 6.84. The lowest BCUT2D eigenvalue weighted by atomic mass is 10.1. The number of hydrogen-bond acceptors (Lipinski definition) is 4.